The Hall–Kier alpha value is -2.12. The average molecular weight is 261 g/mol. The van der Waals surface area contributed by atoms with Gasteiger partial charge in [0.2, 0.25) is 0 Å². The zero-order valence-electron chi connectivity index (χ0n) is 8.75. The molecule has 1 unspecified atom stereocenters. The van der Waals surface area contributed by atoms with E-state index >= 15 is 0 Å². The fourth-order valence-corrected chi connectivity index (χ4v) is 1.58. The van der Waals surface area contributed by atoms with Crippen molar-refractivity contribution in [2.24, 2.45) is 10.7 Å². The molecule has 3 N–H and O–H groups in total. The van der Waals surface area contributed by atoms with Crippen LogP contribution in [0.4, 0.5) is 17.6 Å². The molecule has 18 heavy (non-hydrogen) atoms. The SMILES string of the molecule is NC1=NC(c2ccc(F)c(C(F)(F)F)c2)C(=O)N1. The molecule has 1 aromatic rings. The van der Waals surface area contributed by atoms with Gasteiger partial charge in [-0.25, -0.2) is 9.38 Å². The first kappa shape index (κ1) is 12.3. The van der Waals surface area contributed by atoms with Crippen LogP contribution < -0.4 is 11.1 Å². The van der Waals surface area contributed by atoms with Crippen LogP contribution >= 0.6 is 0 Å². The van der Waals surface area contributed by atoms with Gasteiger partial charge in [0.05, 0.1) is 5.56 Å². The number of carbonyl (C=O) groups excluding carboxylic acids is 1. The van der Waals surface area contributed by atoms with Crippen LogP contribution in [0, 0.1) is 5.82 Å². The molecule has 0 radical (unpaired) electrons. The van der Waals surface area contributed by atoms with Crippen molar-refractivity contribution in [3.05, 3.63) is 35.1 Å². The first-order valence-corrected chi connectivity index (χ1v) is 4.80. The third-order valence-electron chi connectivity index (χ3n) is 2.38. The molecule has 0 aromatic heterocycles. The number of alkyl halides is 3. The molecule has 8 heteroatoms. The highest BCUT2D eigenvalue weighted by molar-refractivity contribution is 6.04. The number of halogens is 4. The van der Waals surface area contributed by atoms with Crippen LogP contribution in [-0.4, -0.2) is 11.9 Å². The van der Waals surface area contributed by atoms with Gasteiger partial charge in [-0.05, 0) is 17.7 Å². The zero-order valence-corrected chi connectivity index (χ0v) is 8.75. The van der Waals surface area contributed by atoms with E-state index in [4.69, 9.17) is 5.73 Å². The smallest absolute Gasteiger partial charge is 0.370 e. The monoisotopic (exact) mass is 261 g/mol. The van der Waals surface area contributed by atoms with Crippen molar-refractivity contribution in [2.45, 2.75) is 12.2 Å². The molecule has 1 amide bonds. The normalized spacial score (nSPS) is 19.7. The Balaban J connectivity index is 2.45. The second-order valence-electron chi connectivity index (χ2n) is 3.64. The number of nitrogens with one attached hydrogen (secondary N) is 1. The van der Waals surface area contributed by atoms with Crippen LogP contribution in [-0.2, 0) is 11.0 Å². The van der Waals surface area contributed by atoms with Crippen molar-refractivity contribution >= 4 is 11.9 Å². The van der Waals surface area contributed by atoms with E-state index < -0.39 is 29.5 Å². The first-order chi connectivity index (χ1) is 8.29. The third kappa shape index (κ3) is 2.13. The summed E-state index contributed by atoms with van der Waals surface area (Å²) < 4.78 is 50.5. The summed E-state index contributed by atoms with van der Waals surface area (Å²) in [5, 5.41) is 2.15. The fourth-order valence-electron chi connectivity index (χ4n) is 1.58. The van der Waals surface area contributed by atoms with Crippen LogP contribution in [0.1, 0.15) is 17.2 Å². The highest BCUT2D eigenvalue weighted by Gasteiger charge is 2.36. The summed E-state index contributed by atoms with van der Waals surface area (Å²) in [6.07, 6.45) is -4.83. The van der Waals surface area contributed by atoms with E-state index in [-0.39, 0.29) is 11.5 Å². The van der Waals surface area contributed by atoms with Crippen molar-refractivity contribution in [2.75, 3.05) is 0 Å². The lowest BCUT2D eigenvalue weighted by molar-refractivity contribution is -0.140. The summed E-state index contributed by atoms with van der Waals surface area (Å²) in [7, 11) is 0. The molecule has 0 aliphatic carbocycles. The lowest BCUT2D eigenvalue weighted by Crippen LogP contribution is -2.31. The molecule has 0 saturated carbocycles. The molecule has 96 valence electrons. The minimum atomic E-state index is -4.83. The Bertz CT molecular complexity index is 538. The van der Waals surface area contributed by atoms with Crippen molar-refractivity contribution in [1.29, 1.82) is 0 Å². The van der Waals surface area contributed by atoms with Gasteiger partial charge in [-0.3, -0.25) is 10.1 Å². The van der Waals surface area contributed by atoms with E-state index in [9.17, 15) is 22.4 Å². The summed E-state index contributed by atoms with van der Waals surface area (Å²) in [6.45, 7) is 0. The second kappa shape index (κ2) is 3.97. The predicted octanol–water partition coefficient (Wildman–Crippen LogP) is 1.33. The van der Waals surface area contributed by atoms with E-state index in [1.807, 2.05) is 0 Å². The molecule has 1 aliphatic heterocycles. The van der Waals surface area contributed by atoms with E-state index in [1.165, 1.54) is 0 Å². The lowest BCUT2D eigenvalue weighted by Gasteiger charge is -2.11. The minimum absolute atomic E-state index is 0.0679. The Labute approximate surface area is 98.5 Å². The summed E-state index contributed by atoms with van der Waals surface area (Å²) in [5.74, 6) is -2.23. The number of rotatable bonds is 1. The van der Waals surface area contributed by atoms with Crippen molar-refractivity contribution in [3.63, 3.8) is 0 Å². The maximum absolute atomic E-state index is 13.0. The topological polar surface area (TPSA) is 67.5 Å². The Morgan fingerprint density at radius 2 is 2.00 bits per heavy atom. The Kier molecular flexibility index (Phi) is 2.72. The number of amides is 1. The molecule has 1 aromatic carbocycles. The number of hydrogen-bond acceptors (Lipinski definition) is 3. The molecule has 0 spiro atoms. The molecule has 1 aliphatic rings. The molecular formula is C10H7F4N3O. The summed E-state index contributed by atoms with van der Waals surface area (Å²) in [4.78, 5) is 15.0. The van der Waals surface area contributed by atoms with Crippen molar-refractivity contribution < 1.29 is 22.4 Å². The average Bonchev–Trinajstić information content (AvgIpc) is 2.57. The number of hydrogen-bond donors (Lipinski definition) is 2. The lowest BCUT2D eigenvalue weighted by atomic mass is 10.0. The summed E-state index contributed by atoms with van der Waals surface area (Å²) in [6, 6.07) is 1.10. The summed E-state index contributed by atoms with van der Waals surface area (Å²) >= 11 is 0. The highest BCUT2D eigenvalue weighted by atomic mass is 19.4. The van der Waals surface area contributed by atoms with Gasteiger partial charge < -0.3 is 5.73 Å². The molecule has 0 bridgehead atoms. The molecule has 4 nitrogen and oxygen atoms in total. The van der Waals surface area contributed by atoms with E-state index in [1.54, 1.807) is 0 Å². The van der Waals surface area contributed by atoms with E-state index in [0.29, 0.717) is 12.1 Å². The fraction of sp³-hybridized carbons (Fsp3) is 0.200. The van der Waals surface area contributed by atoms with Crippen LogP contribution in [0.3, 0.4) is 0 Å². The zero-order chi connectivity index (χ0) is 13.5. The number of aliphatic imine (C=N–C) groups is 1. The van der Waals surface area contributed by atoms with Crippen LogP contribution in [0.2, 0.25) is 0 Å². The summed E-state index contributed by atoms with van der Waals surface area (Å²) in [5.41, 5.74) is 3.72. The number of nitrogens with zero attached hydrogens (tertiary/aromatic N) is 1. The van der Waals surface area contributed by atoms with Gasteiger partial charge in [-0.2, -0.15) is 13.2 Å². The standard InChI is InChI=1S/C10H7F4N3O/c11-6-2-1-4(3-5(6)10(12,13)14)7-8(18)17-9(15)16-7/h1-3,7H,(H3,15,16,17,18). The predicted molar refractivity (Wildman–Crippen MR) is 53.9 cm³/mol. The van der Waals surface area contributed by atoms with Crippen LogP contribution in [0.15, 0.2) is 23.2 Å². The Morgan fingerprint density at radius 3 is 2.50 bits per heavy atom. The van der Waals surface area contributed by atoms with Crippen molar-refractivity contribution in [3.8, 4) is 0 Å². The maximum Gasteiger partial charge on any atom is 0.419 e. The van der Waals surface area contributed by atoms with Gasteiger partial charge >= 0.3 is 6.18 Å². The van der Waals surface area contributed by atoms with Gasteiger partial charge in [-0.1, -0.05) is 6.07 Å². The van der Waals surface area contributed by atoms with Gasteiger partial charge in [-0.15, -0.1) is 0 Å². The van der Waals surface area contributed by atoms with Crippen molar-refractivity contribution in [1.82, 2.24) is 5.32 Å². The number of benzene rings is 1. The first-order valence-electron chi connectivity index (χ1n) is 4.80. The highest BCUT2D eigenvalue weighted by Crippen LogP contribution is 2.34. The molecular weight excluding hydrogens is 254 g/mol. The minimum Gasteiger partial charge on any atom is -0.370 e. The van der Waals surface area contributed by atoms with Gasteiger partial charge in [0.1, 0.15) is 5.82 Å². The molecule has 1 atom stereocenters. The molecule has 0 saturated heterocycles. The Morgan fingerprint density at radius 1 is 1.33 bits per heavy atom. The largest absolute Gasteiger partial charge is 0.419 e. The number of nitrogens with two attached hydrogens (primary N) is 1. The molecule has 0 fully saturated rings. The molecule has 1 heterocycles. The maximum atomic E-state index is 13.0. The number of carbonyl (C=O) groups is 1. The van der Waals surface area contributed by atoms with Gasteiger partial charge in [0.25, 0.3) is 5.91 Å². The van der Waals surface area contributed by atoms with E-state index in [2.05, 4.69) is 10.3 Å². The van der Waals surface area contributed by atoms with Crippen LogP contribution in [0.25, 0.3) is 0 Å². The van der Waals surface area contributed by atoms with E-state index in [0.717, 1.165) is 6.07 Å². The van der Waals surface area contributed by atoms with Crippen LogP contribution in [0.5, 0.6) is 0 Å². The van der Waals surface area contributed by atoms with Gasteiger partial charge in [0.15, 0.2) is 12.0 Å². The third-order valence-corrected chi connectivity index (χ3v) is 2.38. The quantitative estimate of drug-likeness (QED) is 0.749. The second-order valence-corrected chi connectivity index (χ2v) is 3.64. The van der Waals surface area contributed by atoms with Gasteiger partial charge in [0, 0.05) is 0 Å². The number of guanidine groups is 1. The molecule has 2 rings (SSSR count).